The number of carbonyl (C=O) groups excluding carboxylic acids is 14. The molecule has 3 saturated heterocycles. The first-order valence-electron chi connectivity index (χ1n) is 26.8. The molecule has 1 aliphatic carbocycles. The minimum Gasteiger partial charge on any atom is -0.504 e. The fourth-order valence-electron chi connectivity index (χ4n) is 9.88. The Kier molecular flexibility index (Phi) is 23.9. The van der Waals surface area contributed by atoms with Crippen LogP contribution in [0.2, 0.25) is 0 Å². The topological polar surface area (TPSA) is 436 Å². The van der Waals surface area contributed by atoms with Crippen molar-refractivity contribution in [2.24, 2.45) is 5.92 Å². The minimum absolute atomic E-state index is 0.507. The average molecular weight is 1260 g/mol. The summed E-state index contributed by atoms with van der Waals surface area (Å²) in [5, 5.41) is 25.5. The second-order valence-corrected chi connectivity index (χ2v) is 20.0. The Hall–Kier alpha value is -8.98. The van der Waals surface area contributed by atoms with Crippen molar-refractivity contribution in [1.29, 1.82) is 0 Å². The van der Waals surface area contributed by atoms with Gasteiger partial charge in [-0.1, -0.05) is 6.92 Å². The van der Waals surface area contributed by atoms with Gasteiger partial charge >= 0.3 is 65.7 Å². The number of aromatic hydroxyl groups is 2. The molecule has 0 amide bonds. The number of benzene rings is 1. The minimum atomic E-state index is -2.41. The Balaban J connectivity index is 1.87. The highest BCUT2D eigenvalue weighted by Crippen LogP contribution is 2.54. The lowest BCUT2D eigenvalue weighted by atomic mass is 9.83. The van der Waals surface area contributed by atoms with Crippen molar-refractivity contribution in [1.82, 2.24) is 0 Å². The summed E-state index contributed by atoms with van der Waals surface area (Å²) in [6.45, 7) is 10.2. The van der Waals surface area contributed by atoms with Gasteiger partial charge in [0.25, 0.3) is 0 Å². The Morgan fingerprint density at radius 3 is 1.00 bits per heavy atom. The lowest BCUT2D eigenvalue weighted by Crippen LogP contribution is -2.64. The molecule has 0 unspecified atom stereocenters. The van der Waals surface area contributed by atoms with Gasteiger partial charge in [0.2, 0.25) is 48.4 Å². The summed E-state index contributed by atoms with van der Waals surface area (Å²) in [5.41, 5.74) is -3.02. The Bertz CT molecular complexity index is 2980. The highest BCUT2D eigenvalue weighted by Gasteiger charge is 2.58. The van der Waals surface area contributed by atoms with E-state index >= 15 is 9.59 Å². The molecule has 0 saturated carbocycles. The molecule has 3 fully saturated rings. The zero-order chi connectivity index (χ0) is 65.9. The van der Waals surface area contributed by atoms with Crippen molar-refractivity contribution >= 4 is 83.0 Å². The average Bonchev–Trinajstić information content (AvgIpc) is 1.11. The largest absolute Gasteiger partial charge is 0.504 e. The van der Waals surface area contributed by atoms with E-state index in [1.165, 1.54) is 6.92 Å². The highest BCUT2D eigenvalue weighted by atomic mass is 16.8. The van der Waals surface area contributed by atoms with Gasteiger partial charge in [0.05, 0.1) is 11.1 Å². The van der Waals surface area contributed by atoms with Crippen LogP contribution in [0, 0.1) is 5.92 Å². The molecule has 3 aliphatic heterocycles. The van der Waals surface area contributed by atoms with Gasteiger partial charge in [-0.25, -0.2) is 0 Å². The van der Waals surface area contributed by atoms with Crippen LogP contribution in [-0.4, -0.2) is 199 Å². The number of rotatable bonds is 23. The molecule has 1 aromatic carbocycles. The molecule has 2 N–H and O–H groups in total. The summed E-state index contributed by atoms with van der Waals surface area (Å²) in [4.78, 5) is 182. The Morgan fingerprint density at radius 1 is 0.375 bits per heavy atom. The molecule has 4 aliphatic rings. The van der Waals surface area contributed by atoms with Gasteiger partial charge in [-0.2, -0.15) is 0 Å². The summed E-state index contributed by atoms with van der Waals surface area (Å²) < 4.78 is 96.5. The van der Waals surface area contributed by atoms with E-state index in [0.29, 0.717) is 0 Å². The molecule has 0 bridgehead atoms. The zero-order valence-corrected chi connectivity index (χ0v) is 49.7. The maximum Gasteiger partial charge on any atom is 0.303 e. The van der Waals surface area contributed by atoms with Crippen molar-refractivity contribution in [3.63, 3.8) is 0 Å². The summed E-state index contributed by atoms with van der Waals surface area (Å²) in [6.07, 6.45) is -28.5. The van der Waals surface area contributed by atoms with Crippen molar-refractivity contribution in [2.75, 3.05) is 19.8 Å². The first-order valence-corrected chi connectivity index (χ1v) is 26.8. The Morgan fingerprint density at radius 2 is 0.670 bits per heavy atom. The maximum absolute atomic E-state index is 15.4. The van der Waals surface area contributed by atoms with E-state index in [-0.39, 0.29) is 0 Å². The predicted octanol–water partition coefficient (Wildman–Crippen LogP) is 0.828. The fourth-order valence-corrected chi connectivity index (χ4v) is 9.88. The number of hydrogen-bond acceptors (Lipinski definition) is 33. The summed E-state index contributed by atoms with van der Waals surface area (Å²) >= 11 is 0. The van der Waals surface area contributed by atoms with Gasteiger partial charge < -0.3 is 95.5 Å². The number of ether oxygens (including phenoxy) is 17. The molecule has 15 atom stereocenters. The molecule has 5 rings (SSSR count). The first kappa shape index (κ1) is 69.8. The standard InChI is InChI=1S/C55H66O33/c1-14-31-38(68)36-37(39(69)43(31)86-53-44(76-24(7)61)32(15-19(2)56)42(75-23(6)60)33(83-53)16-72-20(3)57)41(71)48(88-55-52(82-30(13)67)50(80-28(11)65)46(78-26(9)63)35(85-55)18-74-22(5)59)47(40(36)70)87-54-51(81-29(12)66)49(79-27(10)64)45(77-25(8)62)34(84-54)17-73-21(4)58/h32-35,42,44-46,49-55,70-71H,14-18H2,1-13H3/t32-,33+,34-,35-,42-,44+,45-,46-,49+,50+,51-,52-,53-,54+,55+/m1/s1. The number of ketones is 3. The number of phenols is 2. The van der Waals surface area contributed by atoms with Crippen molar-refractivity contribution in [3.05, 3.63) is 22.5 Å². The second kappa shape index (κ2) is 30.1. The quantitative estimate of drug-likeness (QED) is 0.0870. The monoisotopic (exact) mass is 1250 g/mol. The number of allylic oxidation sites excluding steroid dienone is 2. The molecule has 0 radical (unpaired) electrons. The summed E-state index contributed by atoms with van der Waals surface area (Å²) in [7, 11) is 0. The van der Waals surface area contributed by atoms with Crippen LogP contribution in [0.3, 0.4) is 0 Å². The number of esters is 11. The van der Waals surface area contributed by atoms with E-state index in [0.717, 1.165) is 83.1 Å². The van der Waals surface area contributed by atoms with Gasteiger partial charge in [0, 0.05) is 94.1 Å². The van der Waals surface area contributed by atoms with Crippen LogP contribution in [0.15, 0.2) is 11.3 Å². The molecule has 0 aromatic heterocycles. The molecule has 33 nitrogen and oxygen atoms in total. The third kappa shape index (κ3) is 17.4. The van der Waals surface area contributed by atoms with Gasteiger partial charge in [-0.05, 0) is 13.3 Å². The van der Waals surface area contributed by atoms with Crippen LogP contribution < -0.4 is 9.47 Å². The molecule has 3 heterocycles. The van der Waals surface area contributed by atoms with Crippen LogP contribution in [-0.2, 0) is 129 Å². The smallest absolute Gasteiger partial charge is 0.303 e. The normalized spacial score (nSPS) is 27.3. The third-order valence-corrected chi connectivity index (χ3v) is 12.9. The lowest BCUT2D eigenvalue weighted by molar-refractivity contribution is -0.292. The van der Waals surface area contributed by atoms with E-state index in [1.54, 1.807) is 0 Å². The van der Waals surface area contributed by atoms with E-state index in [1.807, 2.05) is 0 Å². The van der Waals surface area contributed by atoms with E-state index in [9.17, 15) is 67.7 Å². The zero-order valence-electron chi connectivity index (χ0n) is 49.7. The molecule has 484 valence electrons. The molecule has 0 spiro atoms. The number of carbonyl (C=O) groups is 14. The van der Waals surface area contributed by atoms with Crippen molar-refractivity contribution in [2.45, 2.75) is 189 Å². The van der Waals surface area contributed by atoms with E-state index in [2.05, 4.69) is 0 Å². The van der Waals surface area contributed by atoms with Gasteiger partial charge in [-0.15, -0.1) is 0 Å². The van der Waals surface area contributed by atoms with Gasteiger partial charge in [0.15, 0.2) is 53.6 Å². The van der Waals surface area contributed by atoms with E-state index < -0.39 is 253 Å². The van der Waals surface area contributed by atoms with Crippen molar-refractivity contribution in [3.8, 4) is 23.0 Å². The lowest BCUT2D eigenvalue weighted by Gasteiger charge is -2.45. The van der Waals surface area contributed by atoms with Crippen LogP contribution in [0.4, 0.5) is 0 Å². The Labute approximate surface area is 499 Å². The SMILES string of the molecule is CCC1=C(O[C@H]2O[C@@H](COC(C)=O)[C@H](OC(C)=O)[C@@H](CC(C)=O)[C@@H]2OC(C)=O)C(=O)c2c(O)c(O[C@@H]3O[C@H](COC(C)=O)[C@@H](OC(C)=O)[C@H](OC(C)=O)[C@H]3OC(C)=O)c(O[C@@H]3O[C@H](COC(C)=O)[C@@H](OC(C)=O)[C@H](OC(C)=O)[C@H]3OC(C)=O)c(O)c2C1=O. The fraction of sp³-hybridized carbons (Fsp3) is 0.600. The maximum atomic E-state index is 15.4. The summed E-state index contributed by atoms with van der Waals surface area (Å²) in [5.74, 6) is -23.1. The van der Waals surface area contributed by atoms with Gasteiger partial charge in [-0.3, -0.25) is 62.3 Å². The van der Waals surface area contributed by atoms with Crippen LogP contribution in [0.1, 0.15) is 124 Å². The molecule has 33 heteroatoms. The molecular weight excluding hydrogens is 1190 g/mol. The van der Waals surface area contributed by atoms with Crippen LogP contribution >= 0.6 is 0 Å². The molecule has 88 heavy (non-hydrogen) atoms. The van der Waals surface area contributed by atoms with Gasteiger partial charge in [0.1, 0.15) is 50.0 Å². The third-order valence-electron chi connectivity index (χ3n) is 12.9. The van der Waals surface area contributed by atoms with Crippen LogP contribution in [0.25, 0.3) is 0 Å². The second-order valence-electron chi connectivity index (χ2n) is 20.0. The summed E-state index contributed by atoms with van der Waals surface area (Å²) in [6, 6.07) is 0. The first-order chi connectivity index (χ1) is 41.1. The predicted molar refractivity (Wildman–Crippen MR) is 277 cm³/mol. The molecular formula is C55H66O33. The van der Waals surface area contributed by atoms with E-state index in [4.69, 9.17) is 80.5 Å². The number of fused-ring (bicyclic) bond motifs is 1. The van der Waals surface area contributed by atoms with Crippen molar-refractivity contribution < 1.29 is 158 Å². The highest BCUT2D eigenvalue weighted by molar-refractivity contribution is 6.29. The number of Topliss-reactive ketones (excluding diaryl/α,β-unsaturated/α-hetero) is 3. The number of hydrogen-bond donors (Lipinski definition) is 2. The number of phenolic OH excluding ortho intramolecular Hbond substituents is 2. The molecule has 1 aromatic rings. The van der Waals surface area contributed by atoms with Crippen LogP contribution in [0.5, 0.6) is 23.0 Å².